The van der Waals surface area contributed by atoms with Crippen LogP contribution in [-0.4, -0.2) is 19.1 Å². The number of carbonyl (C=O) groups is 1. The molecule has 0 spiro atoms. The normalized spacial score (nSPS) is 9.80. The first-order chi connectivity index (χ1) is 7.13. The smallest absolute Gasteiger partial charge is 0.325 e. The van der Waals surface area contributed by atoms with Gasteiger partial charge in [-0.15, -0.1) is 0 Å². The highest BCUT2D eigenvalue weighted by Gasteiger charge is 2.02. The molecule has 0 aromatic heterocycles. The largest absolute Gasteiger partial charge is 0.465 e. The Bertz CT molecular complexity index is 355. The van der Waals surface area contributed by atoms with Crippen molar-refractivity contribution in [3.8, 4) is 0 Å². The van der Waals surface area contributed by atoms with Gasteiger partial charge in [0.05, 0.1) is 16.7 Å². The fraction of sp³-hybridized carbons (Fsp3) is 0.300. The molecule has 0 aliphatic carbocycles. The van der Waals surface area contributed by atoms with Crippen LogP contribution in [0.2, 0.25) is 10.0 Å². The summed E-state index contributed by atoms with van der Waals surface area (Å²) in [7, 11) is 0. The van der Waals surface area contributed by atoms with E-state index >= 15 is 0 Å². The number of hydrogen-bond donors (Lipinski definition) is 1. The molecule has 15 heavy (non-hydrogen) atoms. The van der Waals surface area contributed by atoms with Gasteiger partial charge in [-0.05, 0) is 25.1 Å². The second kappa shape index (κ2) is 5.83. The van der Waals surface area contributed by atoms with Gasteiger partial charge in [-0.2, -0.15) is 0 Å². The molecule has 0 aliphatic rings. The van der Waals surface area contributed by atoms with Crippen LogP contribution in [0.25, 0.3) is 0 Å². The Balaban J connectivity index is 2.51. The van der Waals surface area contributed by atoms with Crippen molar-refractivity contribution < 1.29 is 9.53 Å². The highest BCUT2D eigenvalue weighted by Crippen LogP contribution is 2.24. The summed E-state index contributed by atoms with van der Waals surface area (Å²) in [6, 6.07) is 5.06. The van der Waals surface area contributed by atoms with Gasteiger partial charge in [0.1, 0.15) is 6.54 Å². The molecule has 82 valence electrons. The van der Waals surface area contributed by atoms with Crippen LogP contribution in [0.5, 0.6) is 0 Å². The summed E-state index contributed by atoms with van der Waals surface area (Å²) in [5, 5.41) is 3.81. The summed E-state index contributed by atoms with van der Waals surface area (Å²) in [5.74, 6) is -0.302. The molecule has 0 aliphatic heterocycles. The highest BCUT2D eigenvalue weighted by molar-refractivity contribution is 6.42. The predicted molar refractivity (Wildman–Crippen MR) is 61.6 cm³/mol. The van der Waals surface area contributed by atoms with Crippen molar-refractivity contribution >= 4 is 34.9 Å². The molecule has 0 radical (unpaired) electrons. The molecule has 0 atom stereocenters. The van der Waals surface area contributed by atoms with Gasteiger partial charge in [0.15, 0.2) is 0 Å². The molecule has 0 amide bonds. The lowest BCUT2D eigenvalue weighted by molar-refractivity contribution is -0.140. The Labute approximate surface area is 98.3 Å². The zero-order valence-corrected chi connectivity index (χ0v) is 9.73. The van der Waals surface area contributed by atoms with Crippen LogP contribution in [0, 0.1) is 0 Å². The summed E-state index contributed by atoms with van der Waals surface area (Å²) < 4.78 is 4.76. The number of halogens is 2. The number of nitrogens with one attached hydrogen (secondary N) is 1. The van der Waals surface area contributed by atoms with Crippen LogP contribution in [0.4, 0.5) is 5.69 Å². The maximum atomic E-state index is 11.0. The number of carbonyl (C=O) groups excluding carboxylic acids is 1. The molecule has 0 heterocycles. The number of rotatable bonds is 4. The molecule has 5 heteroatoms. The number of anilines is 1. The summed E-state index contributed by atoms with van der Waals surface area (Å²) in [5.41, 5.74) is 0.734. The molecule has 1 aromatic rings. The average molecular weight is 248 g/mol. The summed E-state index contributed by atoms with van der Waals surface area (Å²) >= 11 is 11.5. The van der Waals surface area contributed by atoms with Crippen molar-refractivity contribution in [2.45, 2.75) is 6.92 Å². The molecule has 1 N–H and O–H groups in total. The summed E-state index contributed by atoms with van der Waals surface area (Å²) in [4.78, 5) is 11.0. The van der Waals surface area contributed by atoms with Gasteiger partial charge in [0.2, 0.25) is 0 Å². The van der Waals surface area contributed by atoms with Gasteiger partial charge in [0, 0.05) is 5.69 Å². The van der Waals surface area contributed by atoms with E-state index in [1.165, 1.54) is 0 Å². The van der Waals surface area contributed by atoms with Crippen LogP contribution < -0.4 is 5.32 Å². The lowest BCUT2D eigenvalue weighted by Crippen LogP contribution is -2.16. The van der Waals surface area contributed by atoms with Crippen LogP contribution in [0.1, 0.15) is 6.92 Å². The van der Waals surface area contributed by atoms with E-state index in [9.17, 15) is 4.79 Å². The molecular weight excluding hydrogens is 237 g/mol. The number of hydrogen-bond acceptors (Lipinski definition) is 3. The Morgan fingerprint density at radius 3 is 2.73 bits per heavy atom. The molecule has 0 bridgehead atoms. The maximum absolute atomic E-state index is 11.0. The Kier molecular flexibility index (Phi) is 4.72. The van der Waals surface area contributed by atoms with E-state index in [-0.39, 0.29) is 12.5 Å². The van der Waals surface area contributed by atoms with E-state index in [2.05, 4.69) is 5.32 Å². The zero-order valence-electron chi connectivity index (χ0n) is 8.22. The van der Waals surface area contributed by atoms with Crippen LogP contribution >= 0.6 is 23.2 Å². The van der Waals surface area contributed by atoms with E-state index in [1.54, 1.807) is 25.1 Å². The van der Waals surface area contributed by atoms with Crippen molar-refractivity contribution in [1.82, 2.24) is 0 Å². The fourth-order valence-corrected chi connectivity index (χ4v) is 1.29. The second-order valence-electron chi connectivity index (χ2n) is 2.79. The first-order valence-electron chi connectivity index (χ1n) is 4.48. The van der Waals surface area contributed by atoms with Crippen molar-refractivity contribution in [3.05, 3.63) is 28.2 Å². The first kappa shape index (κ1) is 12.1. The monoisotopic (exact) mass is 247 g/mol. The van der Waals surface area contributed by atoms with Crippen molar-refractivity contribution in [2.24, 2.45) is 0 Å². The number of ether oxygens (including phenoxy) is 1. The molecule has 0 saturated heterocycles. The minimum absolute atomic E-state index is 0.117. The van der Waals surface area contributed by atoms with Crippen LogP contribution in [-0.2, 0) is 9.53 Å². The molecular formula is C10H11Cl2NO2. The molecule has 1 rings (SSSR count). The zero-order chi connectivity index (χ0) is 11.3. The summed E-state index contributed by atoms with van der Waals surface area (Å²) in [6.45, 7) is 2.25. The third-order valence-corrected chi connectivity index (χ3v) is 2.40. The minimum Gasteiger partial charge on any atom is -0.465 e. The van der Waals surface area contributed by atoms with Gasteiger partial charge in [-0.1, -0.05) is 23.2 Å². The third-order valence-electron chi connectivity index (χ3n) is 1.66. The molecule has 0 saturated carbocycles. The van der Waals surface area contributed by atoms with E-state index in [4.69, 9.17) is 27.9 Å². The quantitative estimate of drug-likeness (QED) is 0.832. The van der Waals surface area contributed by atoms with E-state index in [0.29, 0.717) is 16.7 Å². The average Bonchev–Trinajstić information content (AvgIpc) is 2.20. The molecule has 0 fully saturated rings. The van der Waals surface area contributed by atoms with Crippen LogP contribution in [0.3, 0.4) is 0 Å². The first-order valence-corrected chi connectivity index (χ1v) is 5.23. The Morgan fingerprint density at radius 1 is 1.40 bits per heavy atom. The Morgan fingerprint density at radius 2 is 2.13 bits per heavy atom. The maximum Gasteiger partial charge on any atom is 0.325 e. The van der Waals surface area contributed by atoms with Crippen molar-refractivity contribution in [2.75, 3.05) is 18.5 Å². The fourth-order valence-electron chi connectivity index (χ4n) is 0.992. The van der Waals surface area contributed by atoms with Gasteiger partial charge in [-0.25, -0.2) is 0 Å². The SMILES string of the molecule is CCOC(=O)CNc1ccc(Cl)c(Cl)c1. The van der Waals surface area contributed by atoms with Gasteiger partial charge >= 0.3 is 5.97 Å². The third kappa shape index (κ3) is 3.98. The molecule has 3 nitrogen and oxygen atoms in total. The highest BCUT2D eigenvalue weighted by atomic mass is 35.5. The van der Waals surface area contributed by atoms with Crippen LogP contribution in [0.15, 0.2) is 18.2 Å². The Hall–Kier alpha value is -0.930. The standard InChI is InChI=1S/C10H11Cl2NO2/c1-2-15-10(14)6-13-7-3-4-8(11)9(12)5-7/h3-5,13H,2,6H2,1H3. The van der Waals surface area contributed by atoms with E-state index in [1.807, 2.05) is 0 Å². The predicted octanol–water partition coefficient (Wildman–Crippen LogP) is 2.97. The molecule has 0 unspecified atom stereocenters. The van der Waals surface area contributed by atoms with Gasteiger partial charge < -0.3 is 10.1 Å². The minimum atomic E-state index is -0.302. The van der Waals surface area contributed by atoms with Crippen molar-refractivity contribution in [3.63, 3.8) is 0 Å². The lowest BCUT2D eigenvalue weighted by Gasteiger charge is -2.06. The van der Waals surface area contributed by atoms with E-state index < -0.39 is 0 Å². The topological polar surface area (TPSA) is 38.3 Å². The van der Waals surface area contributed by atoms with E-state index in [0.717, 1.165) is 5.69 Å². The van der Waals surface area contributed by atoms with Gasteiger partial charge in [0.25, 0.3) is 0 Å². The lowest BCUT2D eigenvalue weighted by atomic mass is 10.3. The number of esters is 1. The summed E-state index contributed by atoms with van der Waals surface area (Å²) in [6.07, 6.45) is 0. The van der Waals surface area contributed by atoms with Gasteiger partial charge in [-0.3, -0.25) is 4.79 Å². The molecule has 1 aromatic carbocycles. The number of benzene rings is 1. The second-order valence-corrected chi connectivity index (χ2v) is 3.60. The van der Waals surface area contributed by atoms with Crippen molar-refractivity contribution in [1.29, 1.82) is 0 Å².